The number of oxime groups is 1. The first-order chi connectivity index (χ1) is 13.6. The summed E-state index contributed by atoms with van der Waals surface area (Å²) in [5.74, 6) is -0.0191. The quantitative estimate of drug-likeness (QED) is 0.768. The molecule has 1 aromatic carbocycles. The highest BCUT2D eigenvalue weighted by Crippen LogP contribution is 2.31. The van der Waals surface area contributed by atoms with Crippen molar-refractivity contribution in [3.05, 3.63) is 66.0 Å². The number of hydrogen-bond acceptors (Lipinski definition) is 5. The number of amides is 1. The van der Waals surface area contributed by atoms with Crippen LogP contribution in [0.5, 0.6) is 0 Å². The van der Waals surface area contributed by atoms with E-state index in [0.29, 0.717) is 37.9 Å². The third-order valence-corrected chi connectivity index (χ3v) is 5.52. The molecule has 2 aromatic rings. The molecule has 0 bridgehead atoms. The topological polar surface area (TPSA) is 71.9 Å². The predicted octanol–water partition coefficient (Wildman–Crippen LogP) is 3.09. The van der Waals surface area contributed by atoms with Crippen molar-refractivity contribution >= 4 is 17.4 Å². The fourth-order valence-electron chi connectivity index (χ4n) is 3.86. The number of Topliss-reactive ketones (excluding diaryl/α,β-unsaturated/α-hetero) is 1. The minimum atomic E-state index is -0.981. The molecule has 0 saturated carbocycles. The van der Waals surface area contributed by atoms with Crippen molar-refractivity contribution in [2.75, 3.05) is 13.1 Å². The van der Waals surface area contributed by atoms with Crippen molar-refractivity contribution in [2.45, 2.75) is 31.8 Å². The first kappa shape index (κ1) is 18.3. The summed E-state index contributed by atoms with van der Waals surface area (Å²) in [6, 6.07) is 13.3. The van der Waals surface area contributed by atoms with Crippen molar-refractivity contribution in [1.82, 2.24) is 9.88 Å². The van der Waals surface area contributed by atoms with Gasteiger partial charge in [0.15, 0.2) is 5.78 Å². The molecule has 1 saturated heterocycles. The Hall–Kier alpha value is -3.02. The number of likely N-dealkylation sites (tertiary alicyclic amines) is 1. The Kier molecular flexibility index (Phi) is 4.94. The van der Waals surface area contributed by atoms with E-state index in [1.54, 1.807) is 36.4 Å². The highest BCUT2D eigenvalue weighted by Gasteiger charge is 2.45. The molecule has 3 heterocycles. The number of hydrogen-bond donors (Lipinski definition) is 0. The van der Waals surface area contributed by atoms with Gasteiger partial charge < -0.3 is 9.74 Å². The van der Waals surface area contributed by atoms with Crippen LogP contribution in [0.1, 0.15) is 42.1 Å². The minimum absolute atomic E-state index is 0.0607. The Labute approximate surface area is 164 Å². The average molecular weight is 377 g/mol. The lowest BCUT2D eigenvalue weighted by molar-refractivity contribution is -0.154. The molecule has 28 heavy (non-hydrogen) atoms. The van der Waals surface area contributed by atoms with Gasteiger partial charge in [-0.1, -0.05) is 35.5 Å². The number of aromatic nitrogens is 1. The van der Waals surface area contributed by atoms with E-state index in [4.69, 9.17) is 4.84 Å². The lowest BCUT2D eigenvalue weighted by Crippen LogP contribution is -2.50. The van der Waals surface area contributed by atoms with Gasteiger partial charge in [-0.25, -0.2) is 0 Å². The number of nitrogens with zero attached hydrogens (tertiary/aromatic N) is 3. The Morgan fingerprint density at radius 2 is 1.86 bits per heavy atom. The van der Waals surface area contributed by atoms with E-state index < -0.39 is 5.60 Å². The second-order valence-corrected chi connectivity index (χ2v) is 7.58. The molecule has 144 valence electrons. The standard InChI is InChI=1S/C22H23N3O3/c1-22(14-19(24-28-22)16-6-3-2-4-7-16)21(27)25-12-9-17(10-13-25)20(26)18-8-5-11-23-15-18/h2-8,11,15,17H,9-10,12-14H2,1H3. The number of pyridine rings is 1. The summed E-state index contributed by atoms with van der Waals surface area (Å²) in [6.45, 7) is 2.89. The zero-order valence-corrected chi connectivity index (χ0v) is 15.9. The van der Waals surface area contributed by atoms with Crippen molar-refractivity contribution in [3.63, 3.8) is 0 Å². The van der Waals surface area contributed by atoms with Gasteiger partial charge in [0.25, 0.3) is 5.91 Å². The summed E-state index contributed by atoms with van der Waals surface area (Å²) in [5.41, 5.74) is 1.42. The van der Waals surface area contributed by atoms with Crippen LogP contribution in [-0.2, 0) is 9.63 Å². The van der Waals surface area contributed by atoms with Crippen LogP contribution >= 0.6 is 0 Å². The molecule has 1 unspecified atom stereocenters. The van der Waals surface area contributed by atoms with Crippen LogP contribution in [0.3, 0.4) is 0 Å². The first-order valence-electron chi connectivity index (χ1n) is 9.61. The summed E-state index contributed by atoms with van der Waals surface area (Å²) in [4.78, 5) is 37.1. The predicted molar refractivity (Wildman–Crippen MR) is 105 cm³/mol. The molecule has 6 heteroatoms. The van der Waals surface area contributed by atoms with Crippen molar-refractivity contribution < 1.29 is 14.4 Å². The smallest absolute Gasteiger partial charge is 0.269 e. The van der Waals surface area contributed by atoms with Gasteiger partial charge >= 0.3 is 0 Å². The molecule has 2 aliphatic heterocycles. The number of piperidine rings is 1. The fraction of sp³-hybridized carbons (Fsp3) is 0.364. The minimum Gasteiger partial charge on any atom is -0.379 e. The maximum Gasteiger partial charge on any atom is 0.269 e. The molecule has 2 aliphatic rings. The monoisotopic (exact) mass is 377 g/mol. The van der Waals surface area contributed by atoms with Gasteiger partial charge in [0.1, 0.15) is 0 Å². The maximum absolute atomic E-state index is 13.1. The molecule has 1 atom stereocenters. The molecule has 0 spiro atoms. The second kappa shape index (κ2) is 7.54. The van der Waals surface area contributed by atoms with Crippen LogP contribution in [-0.4, -0.2) is 46.0 Å². The highest BCUT2D eigenvalue weighted by atomic mass is 16.7. The van der Waals surface area contributed by atoms with E-state index in [1.807, 2.05) is 30.3 Å². The average Bonchev–Trinajstić information content (AvgIpc) is 3.17. The molecule has 0 radical (unpaired) electrons. The fourth-order valence-corrected chi connectivity index (χ4v) is 3.86. The van der Waals surface area contributed by atoms with Crippen LogP contribution < -0.4 is 0 Å². The summed E-state index contributed by atoms with van der Waals surface area (Å²) >= 11 is 0. The zero-order valence-electron chi connectivity index (χ0n) is 15.9. The number of carbonyl (C=O) groups excluding carboxylic acids is 2. The molecule has 4 rings (SSSR count). The largest absolute Gasteiger partial charge is 0.379 e. The van der Waals surface area contributed by atoms with Gasteiger partial charge in [-0.3, -0.25) is 14.6 Å². The number of ketones is 1. The zero-order chi connectivity index (χ0) is 19.6. The lowest BCUT2D eigenvalue weighted by Gasteiger charge is -2.35. The molecular weight excluding hydrogens is 354 g/mol. The lowest BCUT2D eigenvalue weighted by atomic mass is 9.88. The summed E-state index contributed by atoms with van der Waals surface area (Å²) in [5, 5.41) is 4.17. The number of benzene rings is 1. The summed E-state index contributed by atoms with van der Waals surface area (Å²) in [6.07, 6.45) is 5.02. The Morgan fingerprint density at radius 3 is 2.54 bits per heavy atom. The number of carbonyl (C=O) groups is 2. The third-order valence-electron chi connectivity index (χ3n) is 5.52. The second-order valence-electron chi connectivity index (χ2n) is 7.58. The Balaban J connectivity index is 1.36. The molecule has 0 N–H and O–H groups in total. The van der Waals surface area contributed by atoms with E-state index in [1.165, 1.54) is 0 Å². The Bertz CT molecular complexity index is 890. The van der Waals surface area contributed by atoms with Crippen molar-refractivity contribution in [1.29, 1.82) is 0 Å². The molecule has 1 fully saturated rings. The van der Waals surface area contributed by atoms with Gasteiger partial charge in [-0.15, -0.1) is 0 Å². The van der Waals surface area contributed by atoms with Crippen molar-refractivity contribution in [3.8, 4) is 0 Å². The van der Waals surface area contributed by atoms with Gasteiger partial charge in [0.05, 0.1) is 5.71 Å². The molecule has 0 aliphatic carbocycles. The van der Waals surface area contributed by atoms with Gasteiger partial charge in [0.2, 0.25) is 5.60 Å². The maximum atomic E-state index is 13.1. The van der Waals surface area contributed by atoms with Crippen LogP contribution in [0.4, 0.5) is 0 Å². The van der Waals surface area contributed by atoms with Crippen LogP contribution in [0.15, 0.2) is 60.0 Å². The van der Waals surface area contributed by atoms with Gasteiger partial charge in [-0.05, 0) is 37.5 Å². The van der Waals surface area contributed by atoms with Crippen LogP contribution in [0.2, 0.25) is 0 Å². The van der Waals surface area contributed by atoms with Gasteiger partial charge in [0, 0.05) is 43.4 Å². The first-order valence-corrected chi connectivity index (χ1v) is 9.61. The summed E-state index contributed by atoms with van der Waals surface area (Å²) < 4.78 is 0. The van der Waals surface area contributed by atoms with Crippen molar-refractivity contribution in [2.24, 2.45) is 11.1 Å². The molecule has 1 amide bonds. The third kappa shape index (κ3) is 3.54. The normalized spacial score (nSPS) is 22.5. The SMILES string of the molecule is CC1(C(=O)N2CCC(C(=O)c3cccnc3)CC2)CC(c2ccccc2)=NO1. The molecular formula is C22H23N3O3. The van der Waals surface area contributed by atoms with Gasteiger partial charge in [-0.2, -0.15) is 0 Å². The van der Waals surface area contributed by atoms with E-state index in [0.717, 1.165) is 11.3 Å². The van der Waals surface area contributed by atoms with Crippen LogP contribution in [0.25, 0.3) is 0 Å². The highest BCUT2D eigenvalue weighted by molar-refractivity contribution is 6.05. The number of rotatable bonds is 4. The summed E-state index contributed by atoms with van der Waals surface area (Å²) in [7, 11) is 0. The Morgan fingerprint density at radius 1 is 1.11 bits per heavy atom. The van der Waals surface area contributed by atoms with E-state index >= 15 is 0 Å². The molecule has 6 nitrogen and oxygen atoms in total. The molecule has 1 aromatic heterocycles. The van der Waals surface area contributed by atoms with E-state index in [9.17, 15) is 9.59 Å². The van der Waals surface area contributed by atoms with Crippen LogP contribution in [0, 0.1) is 5.92 Å². The van der Waals surface area contributed by atoms with E-state index in [2.05, 4.69) is 10.1 Å². The van der Waals surface area contributed by atoms with E-state index in [-0.39, 0.29) is 17.6 Å².